The molecule has 5 nitrogen and oxygen atoms in total. The first kappa shape index (κ1) is 15.8. The molecule has 0 saturated heterocycles. The van der Waals surface area contributed by atoms with Crippen LogP contribution in [0, 0.1) is 0 Å². The molecule has 0 fully saturated rings. The van der Waals surface area contributed by atoms with Gasteiger partial charge >= 0.3 is 5.97 Å². The summed E-state index contributed by atoms with van der Waals surface area (Å²) in [5.74, 6) is -0.381. The van der Waals surface area contributed by atoms with Crippen LogP contribution in [-0.4, -0.2) is 15.6 Å². The topological polar surface area (TPSA) is 68.5 Å². The van der Waals surface area contributed by atoms with Gasteiger partial charge in [-0.25, -0.2) is 4.79 Å². The van der Waals surface area contributed by atoms with Crippen molar-refractivity contribution in [2.75, 3.05) is 0 Å². The van der Waals surface area contributed by atoms with Gasteiger partial charge in [0, 0.05) is 11.6 Å². The van der Waals surface area contributed by atoms with Crippen LogP contribution in [0.2, 0.25) is 0 Å². The predicted octanol–water partition coefficient (Wildman–Crippen LogP) is 3.23. The number of carboxylic acid groups (broad SMARTS) is 1. The molecular formula is C19H17NO4. The largest absolute Gasteiger partial charge is 0.489 e. The molecule has 0 radical (unpaired) electrons. The second kappa shape index (κ2) is 6.58. The van der Waals surface area contributed by atoms with Gasteiger partial charge in [-0.2, -0.15) is 0 Å². The third-order valence-electron chi connectivity index (χ3n) is 3.93. The van der Waals surface area contributed by atoms with Crippen LogP contribution in [0.5, 0.6) is 5.75 Å². The summed E-state index contributed by atoms with van der Waals surface area (Å²) in [5, 5.41) is 10.3. The second-order valence-electron chi connectivity index (χ2n) is 5.57. The van der Waals surface area contributed by atoms with E-state index in [9.17, 15) is 9.59 Å². The van der Waals surface area contributed by atoms with Gasteiger partial charge in [0.1, 0.15) is 18.4 Å². The number of carbonyl (C=O) groups is 1. The number of pyridine rings is 1. The molecular weight excluding hydrogens is 306 g/mol. The first-order chi connectivity index (χ1) is 11.6. The molecule has 2 aromatic carbocycles. The molecule has 1 aromatic heterocycles. The van der Waals surface area contributed by atoms with E-state index in [1.54, 1.807) is 24.3 Å². The molecule has 5 heteroatoms. The lowest BCUT2D eigenvalue weighted by Gasteiger charge is -2.12. The Morgan fingerprint density at radius 3 is 2.62 bits per heavy atom. The summed E-state index contributed by atoms with van der Waals surface area (Å²) in [5.41, 5.74) is 0.736. The maximum atomic E-state index is 12.4. The molecule has 1 N–H and O–H groups in total. The Balaban J connectivity index is 1.88. The molecule has 24 heavy (non-hydrogen) atoms. The van der Waals surface area contributed by atoms with E-state index >= 15 is 0 Å². The van der Waals surface area contributed by atoms with Crippen molar-refractivity contribution in [2.24, 2.45) is 0 Å². The number of carboxylic acids is 1. The number of benzene rings is 2. The SMILES string of the molecule is CC(C(=O)O)n1ccc2cc(OCc3ccccc3)ccc2c1=O. The third-order valence-corrected chi connectivity index (χ3v) is 3.93. The molecule has 0 aliphatic rings. The van der Waals surface area contributed by atoms with Crippen molar-refractivity contribution in [3.05, 3.63) is 76.7 Å². The summed E-state index contributed by atoms with van der Waals surface area (Å²) < 4.78 is 6.97. The lowest BCUT2D eigenvalue weighted by molar-refractivity contribution is -0.140. The van der Waals surface area contributed by atoms with E-state index < -0.39 is 12.0 Å². The number of nitrogens with zero attached hydrogens (tertiary/aromatic N) is 1. The van der Waals surface area contributed by atoms with Gasteiger partial charge in [-0.1, -0.05) is 30.3 Å². The van der Waals surface area contributed by atoms with E-state index in [0.717, 1.165) is 10.9 Å². The van der Waals surface area contributed by atoms with Gasteiger partial charge < -0.3 is 14.4 Å². The van der Waals surface area contributed by atoms with Crippen LogP contribution < -0.4 is 10.3 Å². The standard InChI is InChI=1S/C19H17NO4/c1-13(19(22)23)20-10-9-15-11-16(7-8-17(15)18(20)21)24-12-14-5-3-2-4-6-14/h2-11,13H,12H2,1H3,(H,22,23). The molecule has 0 amide bonds. The van der Waals surface area contributed by atoms with Crippen molar-refractivity contribution >= 4 is 16.7 Å². The Kier molecular flexibility index (Phi) is 4.33. The number of rotatable bonds is 5. The van der Waals surface area contributed by atoms with E-state index in [-0.39, 0.29) is 5.56 Å². The molecule has 0 spiro atoms. The summed E-state index contributed by atoms with van der Waals surface area (Å²) in [4.78, 5) is 23.5. The second-order valence-corrected chi connectivity index (χ2v) is 5.57. The Bertz CT molecular complexity index is 931. The number of aliphatic carboxylic acids is 1. The van der Waals surface area contributed by atoms with Gasteiger partial charge in [-0.15, -0.1) is 0 Å². The third kappa shape index (κ3) is 3.15. The highest BCUT2D eigenvalue weighted by molar-refractivity contribution is 5.83. The maximum Gasteiger partial charge on any atom is 0.326 e. The highest BCUT2D eigenvalue weighted by Gasteiger charge is 2.15. The van der Waals surface area contributed by atoms with Crippen LogP contribution in [0.3, 0.4) is 0 Å². The number of hydrogen-bond donors (Lipinski definition) is 1. The highest BCUT2D eigenvalue weighted by atomic mass is 16.5. The fourth-order valence-corrected chi connectivity index (χ4v) is 2.50. The number of hydrogen-bond acceptors (Lipinski definition) is 3. The minimum atomic E-state index is -1.04. The minimum Gasteiger partial charge on any atom is -0.489 e. The highest BCUT2D eigenvalue weighted by Crippen LogP contribution is 2.20. The average molecular weight is 323 g/mol. The molecule has 0 saturated carbocycles. The van der Waals surface area contributed by atoms with Crippen molar-refractivity contribution in [3.63, 3.8) is 0 Å². The van der Waals surface area contributed by atoms with Crippen LogP contribution in [0.25, 0.3) is 10.8 Å². The zero-order valence-electron chi connectivity index (χ0n) is 13.2. The van der Waals surface area contributed by atoms with Gasteiger partial charge in [-0.3, -0.25) is 4.79 Å². The van der Waals surface area contributed by atoms with Gasteiger partial charge in [0.05, 0.1) is 0 Å². The smallest absolute Gasteiger partial charge is 0.326 e. The van der Waals surface area contributed by atoms with Crippen molar-refractivity contribution in [1.29, 1.82) is 0 Å². The number of aromatic nitrogens is 1. The first-order valence-electron chi connectivity index (χ1n) is 7.60. The Morgan fingerprint density at radius 1 is 1.17 bits per heavy atom. The van der Waals surface area contributed by atoms with E-state index in [4.69, 9.17) is 9.84 Å². The molecule has 0 bridgehead atoms. The summed E-state index contributed by atoms with van der Waals surface area (Å²) in [6.45, 7) is 1.92. The molecule has 122 valence electrons. The van der Waals surface area contributed by atoms with E-state index in [1.165, 1.54) is 17.7 Å². The first-order valence-corrected chi connectivity index (χ1v) is 7.60. The van der Waals surface area contributed by atoms with E-state index in [0.29, 0.717) is 17.7 Å². The van der Waals surface area contributed by atoms with Crippen LogP contribution in [0.4, 0.5) is 0 Å². The van der Waals surface area contributed by atoms with Gasteiger partial charge in [0.2, 0.25) is 0 Å². The van der Waals surface area contributed by atoms with Crippen LogP contribution in [0.1, 0.15) is 18.5 Å². The van der Waals surface area contributed by atoms with Gasteiger partial charge in [0.15, 0.2) is 0 Å². The normalized spacial score (nSPS) is 12.0. The van der Waals surface area contributed by atoms with Crippen LogP contribution in [0.15, 0.2) is 65.6 Å². The maximum absolute atomic E-state index is 12.4. The summed E-state index contributed by atoms with van der Waals surface area (Å²) in [6, 6.07) is 15.8. The van der Waals surface area contributed by atoms with Crippen LogP contribution >= 0.6 is 0 Å². The molecule has 0 aliphatic heterocycles. The Morgan fingerprint density at radius 2 is 1.92 bits per heavy atom. The monoisotopic (exact) mass is 323 g/mol. The summed E-state index contributed by atoms with van der Waals surface area (Å²) in [6.07, 6.45) is 1.50. The lowest BCUT2D eigenvalue weighted by atomic mass is 10.1. The molecule has 3 aromatic rings. The fourth-order valence-electron chi connectivity index (χ4n) is 2.50. The molecule has 1 unspecified atom stereocenters. The summed E-state index contributed by atoms with van der Waals surface area (Å²) in [7, 11) is 0. The number of ether oxygens (including phenoxy) is 1. The van der Waals surface area contributed by atoms with Crippen molar-refractivity contribution in [2.45, 2.75) is 19.6 Å². The average Bonchev–Trinajstić information content (AvgIpc) is 2.60. The fraction of sp³-hybridized carbons (Fsp3) is 0.158. The zero-order valence-corrected chi connectivity index (χ0v) is 13.2. The van der Waals surface area contributed by atoms with E-state index in [2.05, 4.69) is 0 Å². The Labute approximate surface area is 138 Å². The quantitative estimate of drug-likeness (QED) is 0.783. The molecule has 1 heterocycles. The Hall–Kier alpha value is -3.08. The van der Waals surface area contributed by atoms with Gasteiger partial charge in [-0.05, 0) is 42.1 Å². The molecule has 1 atom stereocenters. The lowest BCUT2D eigenvalue weighted by Crippen LogP contribution is -2.27. The van der Waals surface area contributed by atoms with Crippen molar-refractivity contribution in [3.8, 4) is 5.75 Å². The minimum absolute atomic E-state index is 0.322. The van der Waals surface area contributed by atoms with E-state index in [1.807, 2.05) is 30.3 Å². The summed E-state index contributed by atoms with van der Waals surface area (Å²) >= 11 is 0. The van der Waals surface area contributed by atoms with Crippen molar-refractivity contribution in [1.82, 2.24) is 4.57 Å². The number of fused-ring (bicyclic) bond motifs is 1. The molecule has 3 rings (SSSR count). The zero-order chi connectivity index (χ0) is 17.1. The molecule has 0 aliphatic carbocycles. The van der Waals surface area contributed by atoms with Gasteiger partial charge in [0.25, 0.3) is 5.56 Å². The van der Waals surface area contributed by atoms with Crippen molar-refractivity contribution < 1.29 is 14.6 Å². The predicted molar refractivity (Wildman–Crippen MR) is 91.3 cm³/mol. The van der Waals surface area contributed by atoms with Crippen LogP contribution in [-0.2, 0) is 11.4 Å².